The van der Waals surface area contributed by atoms with E-state index in [0.29, 0.717) is 25.0 Å². The van der Waals surface area contributed by atoms with E-state index in [1.807, 2.05) is 18.2 Å². The average molecular weight is 330 g/mol. The van der Waals surface area contributed by atoms with Crippen molar-refractivity contribution in [3.8, 4) is 5.75 Å². The highest BCUT2D eigenvalue weighted by molar-refractivity contribution is 5.78. The molecular weight excluding hydrogens is 304 g/mol. The zero-order valence-corrected chi connectivity index (χ0v) is 13.9. The molecule has 130 valence electrons. The Morgan fingerprint density at radius 2 is 1.92 bits per heavy atom. The number of para-hydroxylation sites is 1. The molecule has 1 atom stereocenters. The van der Waals surface area contributed by atoms with Crippen LogP contribution in [-0.4, -0.2) is 25.0 Å². The van der Waals surface area contributed by atoms with Crippen LogP contribution >= 0.6 is 0 Å². The lowest BCUT2D eigenvalue weighted by Gasteiger charge is -2.27. The van der Waals surface area contributed by atoms with Gasteiger partial charge in [-0.15, -0.1) is 0 Å². The van der Waals surface area contributed by atoms with Gasteiger partial charge in [-0.3, -0.25) is 9.79 Å². The minimum atomic E-state index is -0.170. The second kappa shape index (κ2) is 7.55. The number of hydrogen-bond acceptors (Lipinski definition) is 3. The quantitative estimate of drug-likeness (QED) is 0.577. The highest BCUT2D eigenvalue weighted by Gasteiger charge is 2.25. The minimum Gasteiger partial charge on any atom is -0.493 e. The second-order valence-corrected chi connectivity index (χ2v) is 6.72. The van der Waals surface area contributed by atoms with Crippen LogP contribution in [0.25, 0.3) is 0 Å². The van der Waals surface area contributed by atoms with Crippen molar-refractivity contribution < 1.29 is 9.53 Å². The van der Waals surface area contributed by atoms with E-state index in [2.05, 4.69) is 16.4 Å². The number of carbonyl (C=O) groups excluding carboxylic acids is 1. The van der Waals surface area contributed by atoms with Crippen LogP contribution in [0.4, 0.5) is 0 Å². The molecule has 3 rings (SSSR count). The van der Waals surface area contributed by atoms with Gasteiger partial charge in [-0.05, 0) is 37.7 Å². The zero-order chi connectivity index (χ0) is 16.9. The summed E-state index contributed by atoms with van der Waals surface area (Å²) in [6.07, 6.45) is 4.60. The lowest BCUT2D eigenvalue weighted by molar-refractivity contribution is -0.122. The monoisotopic (exact) mass is 330 g/mol. The molecule has 1 fully saturated rings. The maximum atomic E-state index is 11.2. The Balaban J connectivity index is 1.52. The molecule has 1 aliphatic carbocycles. The first-order chi connectivity index (χ1) is 11.6. The van der Waals surface area contributed by atoms with E-state index in [1.54, 1.807) is 0 Å². The number of nitrogens with two attached hydrogens (primary N) is 2. The Bertz CT molecular complexity index is 609. The van der Waals surface area contributed by atoms with Crippen molar-refractivity contribution in [1.82, 2.24) is 5.32 Å². The molecule has 6 heteroatoms. The van der Waals surface area contributed by atoms with Gasteiger partial charge in [0, 0.05) is 24.4 Å². The number of primary amides is 1. The van der Waals surface area contributed by atoms with Crippen molar-refractivity contribution in [2.24, 2.45) is 28.3 Å². The van der Waals surface area contributed by atoms with Crippen LogP contribution in [0.5, 0.6) is 5.75 Å². The van der Waals surface area contributed by atoms with E-state index < -0.39 is 0 Å². The number of fused-ring (bicyclic) bond motifs is 1. The van der Waals surface area contributed by atoms with E-state index in [1.165, 1.54) is 0 Å². The van der Waals surface area contributed by atoms with Crippen LogP contribution in [0, 0.1) is 11.8 Å². The van der Waals surface area contributed by atoms with E-state index in [4.69, 9.17) is 16.2 Å². The molecule has 5 N–H and O–H groups in total. The zero-order valence-electron chi connectivity index (χ0n) is 13.9. The van der Waals surface area contributed by atoms with E-state index in [0.717, 1.165) is 43.4 Å². The lowest BCUT2D eigenvalue weighted by Crippen LogP contribution is -2.38. The molecule has 6 nitrogen and oxygen atoms in total. The van der Waals surface area contributed by atoms with Gasteiger partial charge in [0.15, 0.2) is 5.96 Å². The van der Waals surface area contributed by atoms with Gasteiger partial charge < -0.3 is 21.5 Å². The van der Waals surface area contributed by atoms with Crippen molar-refractivity contribution in [3.05, 3.63) is 29.8 Å². The molecule has 0 spiro atoms. The topological polar surface area (TPSA) is 103 Å². The number of guanidine groups is 1. The van der Waals surface area contributed by atoms with Crippen LogP contribution in [-0.2, 0) is 4.79 Å². The van der Waals surface area contributed by atoms with Crippen molar-refractivity contribution in [3.63, 3.8) is 0 Å². The van der Waals surface area contributed by atoms with Gasteiger partial charge in [0.05, 0.1) is 12.6 Å². The van der Waals surface area contributed by atoms with Gasteiger partial charge in [-0.25, -0.2) is 0 Å². The molecule has 0 radical (unpaired) electrons. The van der Waals surface area contributed by atoms with Crippen LogP contribution in [0.1, 0.15) is 43.7 Å². The highest BCUT2D eigenvalue weighted by atomic mass is 16.5. The molecule has 1 aromatic carbocycles. The van der Waals surface area contributed by atoms with E-state index in [-0.39, 0.29) is 17.9 Å². The summed E-state index contributed by atoms with van der Waals surface area (Å²) in [5, 5.41) is 3.32. The number of nitrogens with one attached hydrogen (secondary N) is 1. The van der Waals surface area contributed by atoms with Crippen LogP contribution in [0.2, 0.25) is 0 Å². The molecule has 0 saturated heterocycles. The van der Waals surface area contributed by atoms with Gasteiger partial charge in [0.2, 0.25) is 5.91 Å². The summed E-state index contributed by atoms with van der Waals surface area (Å²) in [5.74, 6) is 1.76. The highest BCUT2D eigenvalue weighted by Crippen LogP contribution is 2.31. The van der Waals surface area contributed by atoms with Crippen LogP contribution in [0.3, 0.4) is 0 Å². The van der Waals surface area contributed by atoms with E-state index >= 15 is 0 Å². The summed E-state index contributed by atoms with van der Waals surface area (Å²) in [7, 11) is 0. The Morgan fingerprint density at radius 3 is 2.67 bits per heavy atom. The Hall–Kier alpha value is -2.24. The molecule has 1 amide bonds. The Labute approximate surface area is 142 Å². The lowest BCUT2D eigenvalue weighted by atomic mass is 9.82. The van der Waals surface area contributed by atoms with Crippen molar-refractivity contribution in [1.29, 1.82) is 0 Å². The number of nitrogens with zero attached hydrogens (tertiary/aromatic N) is 1. The van der Waals surface area contributed by atoms with Gasteiger partial charge in [0.25, 0.3) is 0 Å². The van der Waals surface area contributed by atoms with Crippen molar-refractivity contribution in [2.75, 3.05) is 13.2 Å². The third kappa shape index (κ3) is 3.99. The van der Waals surface area contributed by atoms with Gasteiger partial charge in [-0.1, -0.05) is 18.2 Å². The molecule has 1 saturated carbocycles. The molecule has 24 heavy (non-hydrogen) atoms. The molecule has 0 aromatic heterocycles. The number of aliphatic imine (C=N–C) groups is 1. The first-order valence-electron chi connectivity index (χ1n) is 8.71. The maximum absolute atomic E-state index is 11.2. The third-order valence-corrected chi connectivity index (χ3v) is 5.05. The predicted octanol–water partition coefficient (Wildman–Crippen LogP) is 1.71. The number of amides is 1. The Morgan fingerprint density at radius 1 is 1.17 bits per heavy atom. The fraction of sp³-hybridized carbons (Fsp3) is 0.556. The summed E-state index contributed by atoms with van der Waals surface area (Å²) in [6, 6.07) is 8.16. The number of ether oxygens (including phenoxy) is 1. The summed E-state index contributed by atoms with van der Waals surface area (Å²) in [5.41, 5.74) is 12.6. The maximum Gasteiger partial charge on any atom is 0.220 e. The summed E-state index contributed by atoms with van der Waals surface area (Å²) >= 11 is 0. The first kappa shape index (κ1) is 16.6. The van der Waals surface area contributed by atoms with Gasteiger partial charge >= 0.3 is 0 Å². The van der Waals surface area contributed by atoms with Crippen molar-refractivity contribution >= 4 is 11.9 Å². The summed E-state index contributed by atoms with van der Waals surface area (Å²) in [4.78, 5) is 15.7. The SMILES string of the molecule is NC(=O)C1CCC(CN=C(N)NC2CCOc3ccccc32)CC1. The Kier molecular flexibility index (Phi) is 5.23. The second-order valence-electron chi connectivity index (χ2n) is 6.72. The van der Waals surface area contributed by atoms with Crippen LogP contribution in [0.15, 0.2) is 29.3 Å². The largest absolute Gasteiger partial charge is 0.493 e. The first-order valence-corrected chi connectivity index (χ1v) is 8.71. The summed E-state index contributed by atoms with van der Waals surface area (Å²) < 4.78 is 5.66. The van der Waals surface area contributed by atoms with Gasteiger partial charge in [-0.2, -0.15) is 0 Å². The molecule has 0 bridgehead atoms. The fourth-order valence-electron chi connectivity index (χ4n) is 3.57. The molecular formula is C18H26N4O2. The number of hydrogen-bond donors (Lipinski definition) is 3. The third-order valence-electron chi connectivity index (χ3n) is 5.05. The van der Waals surface area contributed by atoms with Crippen LogP contribution < -0.4 is 21.5 Å². The number of benzene rings is 1. The van der Waals surface area contributed by atoms with Crippen molar-refractivity contribution in [2.45, 2.75) is 38.1 Å². The number of rotatable bonds is 4. The van der Waals surface area contributed by atoms with Gasteiger partial charge in [0.1, 0.15) is 5.75 Å². The number of carbonyl (C=O) groups is 1. The molecule has 1 unspecified atom stereocenters. The smallest absolute Gasteiger partial charge is 0.220 e. The standard InChI is InChI=1S/C18H26N4O2/c19-17(23)13-7-5-12(6-8-13)11-21-18(20)22-15-9-10-24-16-4-2-1-3-14(15)16/h1-4,12-13,15H,5-11H2,(H2,19,23)(H3,20,21,22). The summed E-state index contributed by atoms with van der Waals surface area (Å²) in [6.45, 7) is 1.38. The minimum absolute atomic E-state index is 0.0411. The molecule has 1 aromatic rings. The molecule has 1 heterocycles. The molecule has 2 aliphatic rings. The molecule has 1 aliphatic heterocycles. The normalized spacial score (nSPS) is 27.0. The predicted molar refractivity (Wildman–Crippen MR) is 93.6 cm³/mol. The fourth-order valence-corrected chi connectivity index (χ4v) is 3.57. The average Bonchev–Trinajstić information content (AvgIpc) is 2.61. The van der Waals surface area contributed by atoms with E-state index in [9.17, 15) is 4.79 Å².